The van der Waals surface area contributed by atoms with Gasteiger partial charge in [0.05, 0.1) is 12.7 Å². The van der Waals surface area contributed by atoms with Crippen molar-refractivity contribution in [2.45, 2.75) is 19.8 Å². The lowest BCUT2D eigenvalue weighted by atomic mass is 9.99. The molecule has 0 aliphatic carbocycles. The minimum absolute atomic E-state index is 0.0381. The van der Waals surface area contributed by atoms with Crippen molar-refractivity contribution in [1.82, 2.24) is 9.88 Å². The fourth-order valence-electron chi connectivity index (χ4n) is 3.01. The number of carbonyl (C=O) groups is 2. The third kappa shape index (κ3) is 4.20. The molecule has 2 aromatic rings. The summed E-state index contributed by atoms with van der Waals surface area (Å²) >= 11 is 0. The molecule has 1 aromatic carbocycles. The number of piperidine rings is 1. The monoisotopic (exact) mass is 353 g/mol. The molecule has 1 aromatic heterocycles. The summed E-state index contributed by atoms with van der Waals surface area (Å²) in [6.45, 7) is 3.77. The molecule has 1 fully saturated rings. The summed E-state index contributed by atoms with van der Waals surface area (Å²) < 4.78 is 4.74. The third-order valence-electron chi connectivity index (χ3n) is 4.62. The fraction of sp³-hybridized carbons (Fsp3) is 0.350. The molecule has 2 heterocycles. The molecule has 3 rings (SSSR count). The lowest BCUT2D eigenvalue weighted by molar-refractivity contribution is 0.0600. The summed E-state index contributed by atoms with van der Waals surface area (Å²) in [5.74, 6) is 0.240. The molecule has 0 bridgehead atoms. The Hall–Kier alpha value is -2.89. The Balaban J connectivity index is 1.73. The second-order valence-corrected chi connectivity index (χ2v) is 6.60. The first kappa shape index (κ1) is 17.9. The van der Waals surface area contributed by atoms with Crippen LogP contribution in [-0.4, -0.2) is 42.0 Å². The molecule has 1 aliphatic rings. The van der Waals surface area contributed by atoms with Gasteiger partial charge < -0.3 is 15.0 Å². The molecule has 1 N–H and O–H groups in total. The minimum Gasteiger partial charge on any atom is -0.465 e. The minimum atomic E-state index is -0.390. The molecule has 0 radical (unpaired) electrons. The zero-order valence-electron chi connectivity index (χ0n) is 15.1. The van der Waals surface area contributed by atoms with Crippen LogP contribution in [0.25, 0.3) is 0 Å². The Morgan fingerprint density at radius 2 is 1.88 bits per heavy atom. The van der Waals surface area contributed by atoms with Gasteiger partial charge >= 0.3 is 5.97 Å². The highest BCUT2D eigenvalue weighted by atomic mass is 16.5. The van der Waals surface area contributed by atoms with Crippen molar-refractivity contribution in [3.05, 3.63) is 53.9 Å². The molecule has 1 saturated heterocycles. The SMILES string of the molecule is COC(=O)c1cccc(Nc2ccnc(C(=O)N3CCC(C)CC3)c2)c1. The maximum Gasteiger partial charge on any atom is 0.337 e. The van der Waals surface area contributed by atoms with E-state index in [1.807, 2.05) is 11.0 Å². The van der Waals surface area contributed by atoms with E-state index in [1.165, 1.54) is 7.11 Å². The van der Waals surface area contributed by atoms with Gasteiger partial charge in [-0.05, 0) is 49.1 Å². The number of anilines is 2. The topological polar surface area (TPSA) is 71.5 Å². The summed E-state index contributed by atoms with van der Waals surface area (Å²) in [7, 11) is 1.35. The lowest BCUT2D eigenvalue weighted by Gasteiger charge is -2.30. The number of methoxy groups -OCH3 is 1. The summed E-state index contributed by atoms with van der Waals surface area (Å²) in [4.78, 5) is 30.4. The highest BCUT2D eigenvalue weighted by Crippen LogP contribution is 2.21. The number of pyridine rings is 1. The Kier molecular flexibility index (Phi) is 5.51. The highest BCUT2D eigenvalue weighted by Gasteiger charge is 2.22. The van der Waals surface area contributed by atoms with Gasteiger partial charge in [0.25, 0.3) is 5.91 Å². The molecule has 6 heteroatoms. The van der Waals surface area contributed by atoms with Crippen LogP contribution < -0.4 is 5.32 Å². The van der Waals surface area contributed by atoms with E-state index in [2.05, 4.69) is 17.2 Å². The standard InChI is InChI=1S/C20H23N3O3/c1-14-7-10-23(11-8-14)19(24)18-13-17(6-9-21-18)22-16-5-3-4-15(12-16)20(25)26-2/h3-6,9,12-14H,7-8,10-11H2,1-2H3,(H,21,22). The number of aromatic nitrogens is 1. The van der Waals surface area contributed by atoms with Gasteiger partial charge in [-0.25, -0.2) is 4.79 Å². The van der Waals surface area contributed by atoms with E-state index in [4.69, 9.17) is 4.74 Å². The zero-order chi connectivity index (χ0) is 18.5. The number of amides is 1. The molecule has 136 valence electrons. The number of carbonyl (C=O) groups excluding carboxylic acids is 2. The van der Waals surface area contributed by atoms with Gasteiger partial charge in [0, 0.05) is 30.7 Å². The van der Waals surface area contributed by atoms with Gasteiger partial charge in [-0.15, -0.1) is 0 Å². The fourth-order valence-corrected chi connectivity index (χ4v) is 3.01. The van der Waals surface area contributed by atoms with Crippen LogP contribution in [0.4, 0.5) is 11.4 Å². The predicted octanol–water partition coefficient (Wildman–Crippen LogP) is 3.48. The van der Waals surface area contributed by atoms with E-state index in [9.17, 15) is 9.59 Å². The van der Waals surface area contributed by atoms with Gasteiger partial charge in [-0.3, -0.25) is 9.78 Å². The van der Waals surface area contributed by atoms with E-state index in [-0.39, 0.29) is 5.91 Å². The number of hydrogen-bond acceptors (Lipinski definition) is 5. The van der Waals surface area contributed by atoms with Crippen molar-refractivity contribution >= 4 is 23.3 Å². The molecule has 0 saturated carbocycles. The van der Waals surface area contributed by atoms with Gasteiger partial charge in [0.15, 0.2) is 0 Å². The van der Waals surface area contributed by atoms with E-state index in [1.54, 1.807) is 36.5 Å². The van der Waals surface area contributed by atoms with Crippen molar-refractivity contribution in [3.8, 4) is 0 Å². The van der Waals surface area contributed by atoms with Gasteiger partial charge in [-0.1, -0.05) is 13.0 Å². The number of rotatable bonds is 4. The van der Waals surface area contributed by atoms with Crippen LogP contribution in [0.1, 0.15) is 40.6 Å². The quantitative estimate of drug-likeness (QED) is 0.852. The highest BCUT2D eigenvalue weighted by molar-refractivity contribution is 5.93. The molecule has 0 spiro atoms. The maximum absolute atomic E-state index is 12.7. The third-order valence-corrected chi connectivity index (χ3v) is 4.62. The van der Waals surface area contributed by atoms with E-state index < -0.39 is 5.97 Å². The molecule has 0 unspecified atom stereocenters. The summed E-state index contributed by atoms with van der Waals surface area (Å²) in [6, 6.07) is 10.6. The van der Waals surface area contributed by atoms with E-state index >= 15 is 0 Å². The van der Waals surface area contributed by atoms with Crippen LogP contribution >= 0.6 is 0 Å². The number of nitrogens with zero attached hydrogens (tertiary/aromatic N) is 2. The molecule has 26 heavy (non-hydrogen) atoms. The first-order chi connectivity index (χ1) is 12.6. The maximum atomic E-state index is 12.7. The molecule has 0 atom stereocenters. The largest absolute Gasteiger partial charge is 0.465 e. The number of esters is 1. The van der Waals surface area contributed by atoms with Crippen LogP contribution in [0, 0.1) is 5.92 Å². The van der Waals surface area contributed by atoms with Crippen LogP contribution in [0.2, 0.25) is 0 Å². The van der Waals surface area contributed by atoms with Crippen molar-refractivity contribution in [2.75, 3.05) is 25.5 Å². The number of likely N-dealkylation sites (tertiary alicyclic amines) is 1. The van der Waals surface area contributed by atoms with Crippen LogP contribution in [0.5, 0.6) is 0 Å². The second-order valence-electron chi connectivity index (χ2n) is 6.60. The molecule has 1 aliphatic heterocycles. The predicted molar refractivity (Wildman–Crippen MR) is 99.6 cm³/mol. The summed E-state index contributed by atoms with van der Waals surface area (Å²) in [6.07, 6.45) is 3.68. The first-order valence-corrected chi connectivity index (χ1v) is 8.77. The Morgan fingerprint density at radius 3 is 2.62 bits per heavy atom. The lowest BCUT2D eigenvalue weighted by Crippen LogP contribution is -2.38. The van der Waals surface area contributed by atoms with E-state index in [0.717, 1.165) is 37.3 Å². The van der Waals surface area contributed by atoms with Crippen LogP contribution in [-0.2, 0) is 4.74 Å². The van der Waals surface area contributed by atoms with E-state index in [0.29, 0.717) is 17.2 Å². The van der Waals surface area contributed by atoms with Crippen molar-refractivity contribution in [3.63, 3.8) is 0 Å². The number of benzene rings is 1. The number of nitrogens with one attached hydrogen (secondary N) is 1. The first-order valence-electron chi connectivity index (χ1n) is 8.77. The normalized spacial score (nSPS) is 14.8. The average molecular weight is 353 g/mol. The Morgan fingerprint density at radius 1 is 1.15 bits per heavy atom. The van der Waals surface area contributed by atoms with Gasteiger partial charge in [0.1, 0.15) is 5.69 Å². The number of ether oxygens (including phenoxy) is 1. The molecule has 1 amide bonds. The van der Waals surface area contributed by atoms with Crippen LogP contribution in [0.3, 0.4) is 0 Å². The summed E-state index contributed by atoms with van der Waals surface area (Å²) in [5.41, 5.74) is 2.37. The van der Waals surface area contributed by atoms with Gasteiger partial charge in [0.2, 0.25) is 0 Å². The van der Waals surface area contributed by atoms with Gasteiger partial charge in [-0.2, -0.15) is 0 Å². The van der Waals surface area contributed by atoms with Crippen molar-refractivity contribution < 1.29 is 14.3 Å². The molecular weight excluding hydrogens is 330 g/mol. The number of hydrogen-bond donors (Lipinski definition) is 1. The smallest absolute Gasteiger partial charge is 0.337 e. The average Bonchev–Trinajstić information content (AvgIpc) is 2.68. The Bertz CT molecular complexity index is 798. The molecular formula is C20H23N3O3. The van der Waals surface area contributed by atoms with Crippen molar-refractivity contribution in [1.29, 1.82) is 0 Å². The summed E-state index contributed by atoms with van der Waals surface area (Å²) in [5, 5.41) is 3.21. The molecule has 6 nitrogen and oxygen atoms in total. The van der Waals surface area contributed by atoms with Crippen LogP contribution in [0.15, 0.2) is 42.6 Å². The second kappa shape index (κ2) is 7.99. The zero-order valence-corrected chi connectivity index (χ0v) is 15.1. The Labute approximate surface area is 153 Å². The van der Waals surface area contributed by atoms with Crippen molar-refractivity contribution in [2.24, 2.45) is 5.92 Å².